The average Bonchev–Trinajstić information content (AvgIpc) is 2.54. The van der Waals surface area contributed by atoms with Crippen molar-refractivity contribution in [1.82, 2.24) is 0 Å². The Bertz CT molecular complexity index is 408. The second-order valence-electron chi connectivity index (χ2n) is 4.47. The van der Waals surface area contributed by atoms with Crippen LogP contribution in [0.5, 0.6) is 0 Å². The first kappa shape index (κ1) is 12.7. The van der Waals surface area contributed by atoms with Gasteiger partial charge in [-0.1, -0.05) is 31.4 Å². The molecule has 1 fully saturated rings. The summed E-state index contributed by atoms with van der Waals surface area (Å²) in [6, 6.07) is 6.12. The number of benzene rings is 1. The summed E-state index contributed by atoms with van der Waals surface area (Å²) in [5.41, 5.74) is 0. The minimum atomic E-state index is -1.45. The third kappa shape index (κ3) is 2.93. The maximum absolute atomic E-state index is 13.5. The Morgan fingerprint density at radius 2 is 1.88 bits per heavy atom. The Hall–Kier alpha value is -0.740. The standard InChI is InChI=1S/C13H17FO2S/c14-10-6-4-5-8-12(10)17(16)13-9-3-1-2-7-11(13)15/h4-6,8,11,13,15H,1-3,7,9H2. The number of halogens is 1. The summed E-state index contributed by atoms with van der Waals surface area (Å²) < 4.78 is 25.8. The fraction of sp³-hybridized carbons (Fsp3) is 0.538. The summed E-state index contributed by atoms with van der Waals surface area (Å²) >= 11 is 0. The van der Waals surface area contributed by atoms with E-state index in [9.17, 15) is 13.7 Å². The maximum atomic E-state index is 13.5. The van der Waals surface area contributed by atoms with Gasteiger partial charge in [0, 0.05) is 0 Å². The highest BCUT2D eigenvalue weighted by Gasteiger charge is 2.29. The molecule has 0 spiro atoms. The van der Waals surface area contributed by atoms with E-state index >= 15 is 0 Å². The lowest BCUT2D eigenvalue weighted by Crippen LogP contribution is -2.29. The predicted molar refractivity (Wildman–Crippen MR) is 65.7 cm³/mol. The largest absolute Gasteiger partial charge is 0.392 e. The van der Waals surface area contributed by atoms with Crippen LogP contribution >= 0.6 is 0 Å². The molecule has 0 heterocycles. The molecule has 1 aromatic rings. The van der Waals surface area contributed by atoms with Gasteiger partial charge in [0.25, 0.3) is 0 Å². The van der Waals surface area contributed by atoms with Crippen molar-refractivity contribution in [2.45, 2.75) is 48.4 Å². The first-order valence-corrected chi connectivity index (χ1v) is 7.24. The summed E-state index contributed by atoms with van der Waals surface area (Å²) in [7, 11) is -1.45. The molecular weight excluding hydrogens is 239 g/mol. The quantitative estimate of drug-likeness (QED) is 0.826. The normalized spacial score (nSPS) is 27.4. The van der Waals surface area contributed by atoms with Gasteiger partial charge in [-0.25, -0.2) is 4.39 Å². The second kappa shape index (κ2) is 5.74. The Kier molecular flexibility index (Phi) is 4.29. The minimum Gasteiger partial charge on any atom is -0.392 e. The zero-order valence-corrected chi connectivity index (χ0v) is 10.5. The molecule has 4 heteroatoms. The molecule has 1 aliphatic carbocycles. The van der Waals surface area contributed by atoms with Crippen LogP contribution < -0.4 is 0 Å². The van der Waals surface area contributed by atoms with Crippen molar-refractivity contribution >= 4 is 10.8 Å². The van der Waals surface area contributed by atoms with Crippen molar-refractivity contribution in [2.75, 3.05) is 0 Å². The predicted octanol–water partition coefficient (Wildman–Crippen LogP) is 2.63. The molecule has 3 unspecified atom stereocenters. The topological polar surface area (TPSA) is 37.3 Å². The van der Waals surface area contributed by atoms with Gasteiger partial charge >= 0.3 is 0 Å². The van der Waals surface area contributed by atoms with Crippen molar-refractivity contribution in [3.63, 3.8) is 0 Å². The van der Waals surface area contributed by atoms with Gasteiger partial charge in [0.2, 0.25) is 0 Å². The molecule has 0 bridgehead atoms. The molecule has 3 atom stereocenters. The van der Waals surface area contributed by atoms with E-state index in [0.717, 1.165) is 19.3 Å². The van der Waals surface area contributed by atoms with E-state index in [1.54, 1.807) is 18.2 Å². The van der Waals surface area contributed by atoms with Crippen molar-refractivity contribution < 1.29 is 13.7 Å². The van der Waals surface area contributed by atoms with E-state index < -0.39 is 22.7 Å². The Balaban J connectivity index is 2.21. The highest BCUT2D eigenvalue weighted by molar-refractivity contribution is 7.85. The smallest absolute Gasteiger partial charge is 0.139 e. The molecule has 0 amide bonds. The van der Waals surface area contributed by atoms with E-state index in [-0.39, 0.29) is 10.1 Å². The molecule has 94 valence electrons. The van der Waals surface area contributed by atoms with E-state index in [1.165, 1.54) is 6.07 Å². The molecule has 1 aromatic carbocycles. The van der Waals surface area contributed by atoms with Gasteiger partial charge in [0.1, 0.15) is 5.82 Å². The van der Waals surface area contributed by atoms with E-state index in [1.807, 2.05) is 0 Å². The van der Waals surface area contributed by atoms with Crippen LogP contribution in [0.3, 0.4) is 0 Å². The van der Waals surface area contributed by atoms with Crippen LogP contribution in [0.4, 0.5) is 4.39 Å². The number of aliphatic hydroxyl groups excluding tert-OH is 1. The Labute approximate surface area is 103 Å². The maximum Gasteiger partial charge on any atom is 0.139 e. The van der Waals surface area contributed by atoms with Gasteiger partial charge in [0.15, 0.2) is 0 Å². The minimum absolute atomic E-state index is 0.221. The Morgan fingerprint density at radius 1 is 1.18 bits per heavy atom. The number of hydrogen-bond acceptors (Lipinski definition) is 2. The van der Waals surface area contributed by atoms with Gasteiger partial charge in [-0.15, -0.1) is 0 Å². The van der Waals surface area contributed by atoms with E-state index in [0.29, 0.717) is 12.8 Å². The van der Waals surface area contributed by atoms with Crippen LogP contribution in [-0.2, 0) is 10.8 Å². The van der Waals surface area contributed by atoms with E-state index in [2.05, 4.69) is 0 Å². The van der Waals surface area contributed by atoms with E-state index in [4.69, 9.17) is 0 Å². The van der Waals surface area contributed by atoms with Crippen LogP contribution in [0.15, 0.2) is 29.2 Å². The lowest BCUT2D eigenvalue weighted by molar-refractivity contribution is 0.161. The van der Waals surface area contributed by atoms with Crippen LogP contribution in [-0.4, -0.2) is 20.7 Å². The zero-order valence-electron chi connectivity index (χ0n) is 9.64. The summed E-state index contributed by atoms with van der Waals surface area (Å²) in [5.74, 6) is -0.442. The van der Waals surface area contributed by atoms with Crippen LogP contribution in [0.25, 0.3) is 0 Å². The summed E-state index contributed by atoms with van der Waals surface area (Å²) in [6.45, 7) is 0. The van der Waals surface area contributed by atoms with Gasteiger partial charge in [-0.3, -0.25) is 4.21 Å². The van der Waals surface area contributed by atoms with Crippen LogP contribution in [0.2, 0.25) is 0 Å². The molecule has 17 heavy (non-hydrogen) atoms. The summed E-state index contributed by atoms with van der Waals surface area (Å²) in [5, 5.41) is 9.63. The second-order valence-corrected chi connectivity index (χ2v) is 6.11. The number of rotatable bonds is 2. The molecule has 0 aromatic heterocycles. The number of aliphatic hydroxyl groups is 1. The van der Waals surface area contributed by atoms with Crippen LogP contribution in [0.1, 0.15) is 32.1 Å². The molecule has 2 rings (SSSR count). The molecule has 1 saturated carbocycles. The Morgan fingerprint density at radius 3 is 2.65 bits per heavy atom. The van der Waals surface area contributed by atoms with Gasteiger partial charge in [-0.05, 0) is 25.0 Å². The molecule has 0 aliphatic heterocycles. The monoisotopic (exact) mass is 256 g/mol. The van der Waals surface area contributed by atoms with Crippen molar-refractivity contribution in [2.24, 2.45) is 0 Å². The first-order valence-electron chi connectivity index (χ1n) is 6.03. The highest BCUT2D eigenvalue weighted by Crippen LogP contribution is 2.26. The van der Waals surface area contributed by atoms with Crippen molar-refractivity contribution in [3.05, 3.63) is 30.1 Å². The zero-order chi connectivity index (χ0) is 12.3. The fourth-order valence-corrected chi connectivity index (χ4v) is 3.88. The highest BCUT2D eigenvalue weighted by atomic mass is 32.2. The van der Waals surface area contributed by atoms with Crippen LogP contribution in [0, 0.1) is 5.82 Å². The fourth-order valence-electron chi connectivity index (χ4n) is 2.27. The third-order valence-corrected chi connectivity index (χ3v) is 5.11. The third-order valence-electron chi connectivity index (χ3n) is 3.25. The molecule has 0 radical (unpaired) electrons. The lowest BCUT2D eigenvalue weighted by Gasteiger charge is -2.19. The summed E-state index contributed by atoms with van der Waals surface area (Å²) in [6.07, 6.45) is 3.79. The lowest BCUT2D eigenvalue weighted by atomic mass is 10.1. The van der Waals surface area contributed by atoms with Gasteiger partial charge in [-0.2, -0.15) is 0 Å². The molecule has 0 saturated heterocycles. The first-order chi connectivity index (χ1) is 8.20. The average molecular weight is 256 g/mol. The summed E-state index contributed by atoms with van der Waals surface area (Å²) in [4.78, 5) is 0.221. The number of hydrogen-bond donors (Lipinski definition) is 1. The molecule has 2 nitrogen and oxygen atoms in total. The van der Waals surface area contributed by atoms with Crippen molar-refractivity contribution in [1.29, 1.82) is 0 Å². The molecule has 1 N–H and O–H groups in total. The molecular formula is C13H17FO2S. The van der Waals surface area contributed by atoms with Gasteiger partial charge in [0.05, 0.1) is 27.0 Å². The van der Waals surface area contributed by atoms with Gasteiger partial charge < -0.3 is 5.11 Å². The SMILES string of the molecule is O=S(c1ccccc1F)C1CCCCCC1O. The molecule has 1 aliphatic rings. The van der Waals surface area contributed by atoms with Crippen molar-refractivity contribution in [3.8, 4) is 0 Å².